The molecule has 1 atom stereocenters. The third-order valence-electron chi connectivity index (χ3n) is 5.72. The number of rotatable bonds is 5. The quantitative estimate of drug-likeness (QED) is 0.466. The van der Waals surface area contributed by atoms with E-state index >= 15 is 0 Å². The number of aromatic nitrogens is 3. The van der Waals surface area contributed by atoms with Gasteiger partial charge in [-0.05, 0) is 49.5 Å². The molecule has 0 amide bonds. The number of alkyl halides is 3. The highest BCUT2D eigenvalue weighted by Gasteiger charge is 2.43. The van der Waals surface area contributed by atoms with Crippen LogP contribution in [-0.4, -0.2) is 31.8 Å². The number of hydrogen-bond donors (Lipinski definition) is 2. The molecular formula is C23H20ClF3N4O3. The van der Waals surface area contributed by atoms with Gasteiger partial charge in [-0.1, -0.05) is 29.8 Å². The van der Waals surface area contributed by atoms with Crippen molar-refractivity contribution in [3.63, 3.8) is 0 Å². The smallest absolute Gasteiger partial charge is 0.412 e. The second-order valence-electron chi connectivity index (χ2n) is 7.97. The zero-order valence-electron chi connectivity index (χ0n) is 18.0. The Kier molecular flexibility index (Phi) is 6.35. The molecule has 0 saturated carbocycles. The van der Waals surface area contributed by atoms with Gasteiger partial charge in [0.1, 0.15) is 11.0 Å². The molecule has 1 aliphatic carbocycles. The highest BCUT2D eigenvalue weighted by atomic mass is 35.5. The number of nitrogens with zero attached hydrogens (tertiary/aromatic N) is 3. The third kappa shape index (κ3) is 4.50. The van der Waals surface area contributed by atoms with Gasteiger partial charge in [0.2, 0.25) is 0 Å². The van der Waals surface area contributed by atoms with Gasteiger partial charge in [0.15, 0.2) is 11.7 Å². The lowest BCUT2D eigenvalue weighted by Crippen LogP contribution is -2.30. The predicted octanol–water partition coefficient (Wildman–Crippen LogP) is 5.35. The van der Waals surface area contributed by atoms with Gasteiger partial charge in [-0.2, -0.15) is 13.2 Å². The summed E-state index contributed by atoms with van der Waals surface area (Å²) in [5.74, 6) is -1.22. The fourth-order valence-corrected chi connectivity index (χ4v) is 4.23. The second-order valence-corrected chi connectivity index (χ2v) is 8.36. The van der Waals surface area contributed by atoms with Crippen LogP contribution < -0.4 is 10.9 Å². The summed E-state index contributed by atoms with van der Waals surface area (Å²) in [6, 6.07) is 3.95. The van der Waals surface area contributed by atoms with Crippen LogP contribution in [0, 0.1) is 0 Å². The van der Waals surface area contributed by atoms with Crippen molar-refractivity contribution >= 4 is 39.7 Å². The van der Waals surface area contributed by atoms with Crippen molar-refractivity contribution in [3.8, 4) is 0 Å². The molecule has 1 aromatic carbocycles. The van der Waals surface area contributed by atoms with E-state index in [0.29, 0.717) is 12.2 Å². The van der Waals surface area contributed by atoms with E-state index in [1.165, 1.54) is 28.8 Å². The summed E-state index contributed by atoms with van der Waals surface area (Å²) < 4.78 is 44.2. The first kappa shape index (κ1) is 23.7. The number of anilines is 1. The van der Waals surface area contributed by atoms with Gasteiger partial charge in [0.25, 0.3) is 5.56 Å². The zero-order chi connectivity index (χ0) is 24.6. The van der Waals surface area contributed by atoms with Crippen molar-refractivity contribution in [2.24, 2.45) is 7.05 Å². The lowest BCUT2D eigenvalue weighted by molar-refractivity contribution is -0.143. The lowest BCUT2D eigenvalue weighted by Gasteiger charge is -2.25. The first-order valence-corrected chi connectivity index (χ1v) is 10.9. The van der Waals surface area contributed by atoms with Crippen LogP contribution in [0.4, 0.5) is 18.9 Å². The number of halogens is 4. The van der Waals surface area contributed by atoms with Crippen LogP contribution in [-0.2, 0) is 7.05 Å². The zero-order valence-corrected chi connectivity index (χ0v) is 18.7. The molecule has 34 heavy (non-hydrogen) atoms. The largest absolute Gasteiger partial charge is 0.476 e. The van der Waals surface area contributed by atoms with Gasteiger partial charge < -0.3 is 10.4 Å². The first-order chi connectivity index (χ1) is 16.1. The van der Waals surface area contributed by atoms with Gasteiger partial charge in [0.05, 0.1) is 16.6 Å². The summed E-state index contributed by atoms with van der Waals surface area (Å²) in [6.07, 6.45) is 0.480. The molecule has 2 heterocycles. The van der Waals surface area contributed by atoms with E-state index in [4.69, 9.17) is 11.6 Å². The van der Waals surface area contributed by atoms with Crippen LogP contribution in [0.5, 0.6) is 0 Å². The van der Waals surface area contributed by atoms with E-state index in [-0.39, 0.29) is 27.3 Å². The number of carbonyl (C=O) groups is 1. The molecule has 2 N–H and O–H groups in total. The Labute approximate surface area is 196 Å². The second kappa shape index (κ2) is 9.09. The van der Waals surface area contributed by atoms with Gasteiger partial charge >= 0.3 is 12.1 Å². The number of fused-ring (bicyclic) bond motifs is 1. The molecule has 3 aromatic rings. The number of allylic oxidation sites excluding steroid dienone is 2. The minimum Gasteiger partial charge on any atom is -0.476 e. The minimum absolute atomic E-state index is 0.0314. The molecule has 7 nitrogen and oxygen atoms in total. The number of carboxylic acids is 1. The summed E-state index contributed by atoms with van der Waals surface area (Å²) in [5, 5.41) is 11.5. The average Bonchev–Trinajstić information content (AvgIpc) is 2.80. The molecule has 0 fully saturated rings. The summed E-state index contributed by atoms with van der Waals surface area (Å²) in [4.78, 5) is 32.7. The Bertz CT molecular complexity index is 1370. The van der Waals surface area contributed by atoms with Crippen molar-refractivity contribution in [1.29, 1.82) is 0 Å². The maximum absolute atomic E-state index is 14.3. The Balaban J connectivity index is 1.92. The highest BCUT2D eigenvalue weighted by Crippen LogP contribution is 2.39. The van der Waals surface area contributed by atoms with Crippen molar-refractivity contribution in [2.45, 2.75) is 37.9 Å². The predicted molar refractivity (Wildman–Crippen MR) is 122 cm³/mol. The summed E-state index contributed by atoms with van der Waals surface area (Å²) in [7, 11) is 1.55. The van der Waals surface area contributed by atoms with Gasteiger partial charge in [-0.25, -0.2) is 14.8 Å². The molecule has 11 heteroatoms. The first-order valence-electron chi connectivity index (χ1n) is 10.5. The van der Waals surface area contributed by atoms with Crippen molar-refractivity contribution < 1.29 is 23.1 Å². The number of aromatic carboxylic acids is 1. The van der Waals surface area contributed by atoms with Gasteiger partial charge in [-0.15, -0.1) is 0 Å². The molecule has 0 aliphatic heterocycles. The molecule has 4 rings (SSSR count). The van der Waals surface area contributed by atoms with Crippen molar-refractivity contribution in [1.82, 2.24) is 14.5 Å². The Morgan fingerprint density at radius 3 is 2.62 bits per heavy atom. The molecule has 0 spiro atoms. The molecule has 0 saturated heterocycles. The molecule has 2 aromatic heterocycles. The normalized spacial score (nSPS) is 15.1. The molecule has 178 valence electrons. The summed E-state index contributed by atoms with van der Waals surface area (Å²) in [5.41, 5.74) is -1.07. The fraction of sp³-hybridized carbons (Fsp3) is 0.304. The number of hydrogen-bond acceptors (Lipinski definition) is 5. The molecule has 1 unspecified atom stereocenters. The van der Waals surface area contributed by atoms with Crippen LogP contribution in [0.15, 0.2) is 41.2 Å². The topological polar surface area (TPSA) is 97.1 Å². The monoisotopic (exact) mass is 492 g/mol. The number of benzene rings is 1. The Morgan fingerprint density at radius 2 is 1.97 bits per heavy atom. The van der Waals surface area contributed by atoms with Crippen molar-refractivity contribution in [3.05, 3.63) is 69.0 Å². The molecular weight excluding hydrogens is 473 g/mol. The number of para-hydroxylation sites is 1. The SMILES string of the molecule is Cn1c(C2=CCCCC2)nc2c(C(Nc3ccc(Cl)nc3C(=O)O)C(F)(F)F)cccc2c1=O. The van der Waals surface area contributed by atoms with E-state index < -0.39 is 29.4 Å². The van der Waals surface area contributed by atoms with Crippen LogP contribution in [0.25, 0.3) is 16.5 Å². The maximum Gasteiger partial charge on any atom is 0.412 e. The number of nitrogens with one attached hydrogen (secondary N) is 1. The lowest BCUT2D eigenvalue weighted by atomic mass is 9.98. The van der Waals surface area contributed by atoms with Crippen LogP contribution >= 0.6 is 11.6 Å². The third-order valence-corrected chi connectivity index (χ3v) is 5.93. The average molecular weight is 493 g/mol. The van der Waals surface area contributed by atoms with E-state index in [1.807, 2.05) is 6.08 Å². The summed E-state index contributed by atoms with van der Waals surface area (Å²) >= 11 is 5.73. The standard InChI is InChI=1S/C23H20ClF3N4O3/c1-31-20(12-6-3-2-4-7-12)30-17-13(8-5-9-14(17)21(31)32)19(23(25,26)27)28-15-10-11-16(24)29-18(15)22(33)34/h5-6,8-11,19,28H,2-4,7H2,1H3,(H,33,34). The van der Waals surface area contributed by atoms with E-state index in [9.17, 15) is 27.9 Å². The van der Waals surface area contributed by atoms with E-state index in [1.54, 1.807) is 7.05 Å². The number of pyridine rings is 1. The summed E-state index contributed by atoms with van der Waals surface area (Å²) in [6.45, 7) is 0. The van der Waals surface area contributed by atoms with E-state index in [2.05, 4.69) is 15.3 Å². The van der Waals surface area contributed by atoms with Gasteiger partial charge in [-0.3, -0.25) is 9.36 Å². The van der Waals surface area contributed by atoms with Crippen LogP contribution in [0.3, 0.4) is 0 Å². The minimum atomic E-state index is -4.85. The molecule has 0 bridgehead atoms. The van der Waals surface area contributed by atoms with Crippen LogP contribution in [0.2, 0.25) is 5.15 Å². The highest BCUT2D eigenvalue weighted by molar-refractivity contribution is 6.29. The van der Waals surface area contributed by atoms with Gasteiger partial charge in [0, 0.05) is 12.6 Å². The maximum atomic E-state index is 14.3. The molecule has 0 radical (unpaired) electrons. The van der Waals surface area contributed by atoms with E-state index in [0.717, 1.165) is 30.9 Å². The Hall–Kier alpha value is -3.40. The Morgan fingerprint density at radius 1 is 1.21 bits per heavy atom. The van der Waals surface area contributed by atoms with Crippen molar-refractivity contribution in [2.75, 3.05) is 5.32 Å². The van der Waals surface area contributed by atoms with Crippen LogP contribution in [0.1, 0.15) is 53.6 Å². The fourth-order valence-electron chi connectivity index (χ4n) is 4.08. The molecule has 1 aliphatic rings. The number of carboxylic acid groups (broad SMARTS) is 1.